The van der Waals surface area contributed by atoms with Gasteiger partial charge in [0.25, 0.3) is 0 Å². The summed E-state index contributed by atoms with van der Waals surface area (Å²) in [5, 5.41) is 0. The van der Waals surface area contributed by atoms with E-state index in [4.69, 9.17) is 0 Å². The van der Waals surface area contributed by atoms with Crippen LogP contribution in [-0.4, -0.2) is 67.9 Å². The summed E-state index contributed by atoms with van der Waals surface area (Å²) in [6, 6.07) is 29.2. The molecule has 6 nitrogen and oxygen atoms in total. The fourth-order valence-electron chi connectivity index (χ4n) is 4.59. The van der Waals surface area contributed by atoms with Crippen molar-refractivity contribution in [3.8, 4) is 0 Å². The zero-order valence-corrected chi connectivity index (χ0v) is 20.4. The highest BCUT2D eigenvalue weighted by Gasteiger charge is 2.36. The molecule has 1 saturated heterocycles. The van der Waals surface area contributed by atoms with E-state index in [-0.39, 0.29) is 11.9 Å². The Morgan fingerprint density at radius 1 is 0.735 bits per heavy atom. The highest BCUT2D eigenvalue weighted by atomic mass is 32.2. The molecule has 1 fully saturated rings. The lowest BCUT2D eigenvalue weighted by atomic mass is 9.96. The average Bonchev–Trinajstić information content (AvgIpc) is 2.86. The monoisotopic (exact) mass is 477 g/mol. The van der Waals surface area contributed by atoms with Gasteiger partial charge < -0.3 is 4.90 Å². The van der Waals surface area contributed by atoms with Crippen molar-refractivity contribution < 1.29 is 13.2 Å². The van der Waals surface area contributed by atoms with E-state index in [1.54, 1.807) is 17.0 Å². The summed E-state index contributed by atoms with van der Waals surface area (Å²) in [5.74, 6) is -0.185. The molecule has 3 aromatic carbocycles. The minimum absolute atomic E-state index is 0.100. The van der Waals surface area contributed by atoms with Gasteiger partial charge in [-0.2, -0.15) is 4.31 Å². The molecule has 0 radical (unpaired) electrons. The lowest BCUT2D eigenvalue weighted by Crippen LogP contribution is -2.53. The Morgan fingerprint density at radius 3 is 1.56 bits per heavy atom. The first-order valence-corrected chi connectivity index (χ1v) is 13.3. The summed E-state index contributed by atoms with van der Waals surface area (Å²) in [4.78, 5) is 17.8. The van der Waals surface area contributed by atoms with Crippen molar-refractivity contribution in [2.24, 2.45) is 0 Å². The van der Waals surface area contributed by atoms with Gasteiger partial charge in [0, 0.05) is 33.2 Å². The maximum atomic E-state index is 13.6. The molecule has 4 rings (SSSR count). The highest BCUT2D eigenvalue weighted by molar-refractivity contribution is 7.88. The zero-order chi connectivity index (χ0) is 24.1. The van der Waals surface area contributed by atoms with Crippen molar-refractivity contribution >= 4 is 15.9 Å². The van der Waals surface area contributed by atoms with E-state index in [0.29, 0.717) is 31.7 Å². The van der Waals surface area contributed by atoms with Crippen LogP contribution in [0.5, 0.6) is 0 Å². The van der Waals surface area contributed by atoms with Crippen molar-refractivity contribution in [3.63, 3.8) is 0 Å². The number of benzene rings is 3. The topological polar surface area (TPSA) is 60.9 Å². The molecule has 34 heavy (non-hydrogen) atoms. The van der Waals surface area contributed by atoms with Crippen LogP contribution in [0.25, 0.3) is 0 Å². The molecule has 7 heteroatoms. The largest absolute Gasteiger partial charge is 0.338 e. The zero-order valence-electron chi connectivity index (χ0n) is 19.6. The van der Waals surface area contributed by atoms with Crippen molar-refractivity contribution in [2.45, 2.75) is 12.1 Å². The highest BCUT2D eigenvalue weighted by Crippen LogP contribution is 2.31. The third-order valence-electron chi connectivity index (χ3n) is 6.46. The smallest absolute Gasteiger partial charge is 0.245 e. The third kappa shape index (κ3) is 5.38. The van der Waals surface area contributed by atoms with Gasteiger partial charge in [0.15, 0.2) is 0 Å². The fraction of sp³-hybridized carbons (Fsp3) is 0.296. The number of carbonyl (C=O) groups is 1. The Morgan fingerprint density at radius 2 is 1.15 bits per heavy atom. The lowest BCUT2D eigenvalue weighted by Gasteiger charge is -2.41. The predicted octanol–water partition coefficient (Wildman–Crippen LogP) is 3.55. The maximum absolute atomic E-state index is 13.6. The SMILES string of the molecule is CN([C@@H](C(=O)N1CCN(C(c2ccccc2)c2ccccc2)CC1)c1ccccc1)S(C)(=O)=O. The molecule has 1 atom stereocenters. The maximum Gasteiger partial charge on any atom is 0.245 e. The van der Waals surface area contributed by atoms with Gasteiger partial charge in [-0.3, -0.25) is 9.69 Å². The van der Waals surface area contributed by atoms with Gasteiger partial charge in [-0.15, -0.1) is 0 Å². The van der Waals surface area contributed by atoms with Crippen LogP contribution in [0, 0.1) is 0 Å². The number of amides is 1. The number of nitrogens with zero attached hydrogens (tertiary/aromatic N) is 3. The molecule has 3 aromatic rings. The second-order valence-corrected chi connectivity index (χ2v) is 10.7. The van der Waals surface area contributed by atoms with Crippen LogP contribution < -0.4 is 0 Å². The number of carbonyl (C=O) groups excluding carboxylic acids is 1. The first-order chi connectivity index (χ1) is 16.4. The first kappa shape index (κ1) is 24.1. The second-order valence-electron chi connectivity index (χ2n) is 8.68. The Balaban J connectivity index is 1.55. The number of rotatable bonds is 7. The van der Waals surface area contributed by atoms with E-state index in [0.717, 1.165) is 6.26 Å². The van der Waals surface area contributed by atoms with Crippen LogP contribution in [-0.2, 0) is 14.8 Å². The van der Waals surface area contributed by atoms with Crippen LogP contribution in [0.3, 0.4) is 0 Å². The number of hydrogen-bond donors (Lipinski definition) is 0. The predicted molar refractivity (Wildman–Crippen MR) is 135 cm³/mol. The standard InChI is InChI=1S/C27H31N3O3S/c1-28(34(2,32)33)26(24-16-10-5-11-17-24)27(31)30-20-18-29(19-21-30)25(22-12-6-3-7-13-22)23-14-8-4-9-15-23/h3-17,25-26H,18-21H2,1-2H3/t26-/m1/s1. The average molecular weight is 478 g/mol. The van der Waals surface area contributed by atoms with E-state index in [9.17, 15) is 13.2 Å². The number of likely N-dealkylation sites (N-methyl/N-ethyl adjacent to an activating group) is 1. The van der Waals surface area contributed by atoms with E-state index in [2.05, 4.69) is 53.4 Å². The van der Waals surface area contributed by atoms with Gasteiger partial charge in [-0.1, -0.05) is 91.0 Å². The lowest BCUT2D eigenvalue weighted by molar-refractivity contribution is -0.137. The second kappa shape index (κ2) is 10.5. The molecule has 0 aromatic heterocycles. The van der Waals surface area contributed by atoms with E-state index < -0.39 is 16.1 Å². The molecule has 0 unspecified atom stereocenters. The van der Waals surface area contributed by atoms with E-state index in [1.165, 1.54) is 22.5 Å². The summed E-state index contributed by atoms with van der Waals surface area (Å²) in [5.41, 5.74) is 3.11. The van der Waals surface area contributed by atoms with Crippen LogP contribution in [0.2, 0.25) is 0 Å². The van der Waals surface area contributed by atoms with Crippen molar-refractivity contribution in [1.82, 2.24) is 14.1 Å². The van der Waals surface area contributed by atoms with Crippen LogP contribution in [0.15, 0.2) is 91.0 Å². The summed E-state index contributed by atoms with van der Waals surface area (Å²) < 4.78 is 25.8. The van der Waals surface area contributed by atoms with Crippen LogP contribution >= 0.6 is 0 Å². The fourth-order valence-corrected chi connectivity index (χ4v) is 5.19. The Hall–Kier alpha value is -3.00. The molecule has 1 aliphatic rings. The minimum Gasteiger partial charge on any atom is -0.338 e. The van der Waals surface area contributed by atoms with Gasteiger partial charge in [0.2, 0.25) is 15.9 Å². The molecule has 0 spiro atoms. The van der Waals surface area contributed by atoms with Crippen LogP contribution in [0.1, 0.15) is 28.8 Å². The number of sulfonamides is 1. The number of piperazine rings is 1. The summed E-state index contributed by atoms with van der Waals surface area (Å²) >= 11 is 0. The van der Waals surface area contributed by atoms with Crippen LogP contribution in [0.4, 0.5) is 0 Å². The quantitative estimate of drug-likeness (QED) is 0.522. The molecule has 0 N–H and O–H groups in total. The first-order valence-electron chi connectivity index (χ1n) is 11.5. The molecule has 0 saturated carbocycles. The van der Waals surface area contributed by atoms with Gasteiger partial charge in [0.1, 0.15) is 6.04 Å². The van der Waals surface area contributed by atoms with Gasteiger partial charge in [0.05, 0.1) is 12.3 Å². The Bertz CT molecular complexity index is 1140. The molecule has 1 heterocycles. The molecule has 1 aliphatic heterocycles. The molecule has 0 aliphatic carbocycles. The molecule has 0 bridgehead atoms. The summed E-state index contributed by atoms with van der Waals surface area (Å²) in [7, 11) is -2.08. The third-order valence-corrected chi connectivity index (χ3v) is 7.71. The van der Waals surface area contributed by atoms with Crippen molar-refractivity contribution in [2.75, 3.05) is 39.5 Å². The van der Waals surface area contributed by atoms with Crippen molar-refractivity contribution in [3.05, 3.63) is 108 Å². The number of hydrogen-bond acceptors (Lipinski definition) is 4. The summed E-state index contributed by atoms with van der Waals surface area (Å²) in [6.07, 6.45) is 1.14. The minimum atomic E-state index is -3.55. The molecular weight excluding hydrogens is 446 g/mol. The Kier molecular flexibility index (Phi) is 7.46. The van der Waals surface area contributed by atoms with E-state index >= 15 is 0 Å². The Labute approximate surface area is 202 Å². The molecule has 1 amide bonds. The van der Waals surface area contributed by atoms with Gasteiger partial charge in [-0.05, 0) is 16.7 Å². The molecular formula is C27H31N3O3S. The summed E-state index contributed by atoms with van der Waals surface area (Å²) in [6.45, 7) is 2.47. The van der Waals surface area contributed by atoms with Gasteiger partial charge >= 0.3 is 0 Å². The van der Waals surface area contributed by atoms with Gasteiger partial charge in [-0.25, -0.2) is 8.42 Å². The van der Waals surface area contributed by atoms with E-state index in [1.807, 2.05) is 30.3 Å². The normalized spacial score (nSPS) is 16.1. The van der Waals surface area contributed by atoms with Crippen molar-refractivity contribution in [1.29, 1.82) is 0 Å². The molecule has 178 valence electrons.